The van der Waals surface area contributed by atoms with E-state index in [9.17, 15) is 9.59 Å². The smallest absolute Gasteiger partial charge is 0.276 e. The molecular formula is C18H27N5O2. The molecule has 7 nitrogen and oxygen atoms in total. The molecule has 0 bridgehead atoms. The summed E-state index contributed by atoms with van der Waals surface area (Å²) in [5.41, 5.74) is 0.706. The molecule has 4 rings (SSSR count). The maximum Gasteiger partial charge on any atom is 0.276 e. The van der Waals surface area contributed by atoms with Gasteiger partial charge in [-0.15, -0.1) is 5.10 Å². The van der Waals surface area contributed by atoms with Crippen LogP contribution < -0.4 is 0 Å². The summed E-state index contributed by atoms with van der Waals surface area (Å²) in [6.45, 7) is 3.50. The number of amides is 2. The van der Waals surface area contributed by atoms with Gasteiger partial charge in [0.2, 0.25) is 5.91 Å². The lowest BCUT2D eigenvalue weighted by atomic mass is 9.73. The molecule has 2 aliphatic heterocycles. The van der Waals surface area contributed by atoms with E-state index < -0.39 is 0 Å². The summed E-state index contributed by atoms with van der Waals surface area (Å²) in [6.07, 6.45) is 11.3. The van der Waals surface area contributed by atoms with Gasteiger partial charge in [0, 0.05) is 26.2 Å². The van der Waals surface area contributed by atoms with Crippen molar-refractivity contribution >= 4 is 11.8 Å². The zero-order valence-corrected chi connectivity index (χ0v) is 14.8. The topological polar surface area (TPSA) is 71.3 Å². The number of hydrogen-bond donors (Lipinski definition) is 0. The summed E-state index contributed by atoms with van der Waals surface area (Å²) in [4.78, 5) is 28.7. The summed E-state index contributed by atoms with van der Waals surface area (Å²) >= 11 is 0. The number of aromatic nitrogens is 3. The molecule has 0 aromatic carbocycles. The fourth-order valence-corrected chi connectivity index (χ4v) is 4.66. The summed E-state index contributed by atoms with van der Waals surface area (Å²) in [7, 11) is 0. The van der Waals surface area contributed by atoms with E-state index in [0.717, 1.165) is 45.4 Å². The first-order valence-electron chi connectivity index (χ1n) is 9.62. The molecule has 0 unspecified atom stereocenters. The first kappa shape index (κ1) is 16.5. The van der Waals surface area contributed by atoms with Crippen LogP contribution >= 0.6 is 0 Å². The van der Waals surface area contributed by atoms with Crippen LogP contribution in [-0.2, 0) is 11.3 Å². The fraction of sp³-hybridized carbons (Fsp3) is 0.778. The van der Waals surface area contributed by atoms with Crippen LogP contribution in [0.5, 0.6) is 0 Å². The highest BCUT2D eigenvalue weighted by Gasteiger charge is 2.41. The molecule has 0 radical (unpaired) electrons. The van der Waals surface area contributed by atoms with Gasteiger partial charge in [-0.05, 0) is 37.5 Å². The van der Waals surface area contributed by atoms with Crippen molar-refractivity contribution in [1.82, 2.24) is 24.8 Å². The average Bonchev–Trinajstić information content (AvgIpc) is 3.36. The quantitative estimate of drug-likeness (QED) is 0.836. The summed E-state index contributed by atoms with van der Waals surface area (Å²) < 4.78 is 1.50. The third kappa shape index (κ3) is 3.41. The number of likely N-dealkylation sites (tertiary alicyclic amines) is 2. The summed E-state index contributed by atoms with van der Waals surface area (Å²) in [5.74, 6) is 0.0195. The molecule has 0 N–H and O–H groups in total. The van der Waals surface area contributed by atoms with Gasteiger partial charge in [-0.2, -0.15) is 0 Å². The zero-order valence-electron chi connectivity index (χ0n) is 14.8. The molecule has 25 heavy (non-hydrogen) atoms. The molecule has 3 aliphatic rings. The van der Waals surface area contributed by atoms with Crippen molar-refractivity contribution in [2.75, 3.05) is 26.2 Å². The molecular weight excluding hydrogens is 318 g/mol. The van der Waals surface area contributed by atoms with Crippen molar-refractivity contribution in [2.45, 2.75) is 57.9 Å². The van der Waals surface area contributed by atoms with Crippen molar-refractivity contribution in [3.05, 3.63) is 11.9 Å². The molecule has 0 atom stereocenters. The Hall–Kier alpha value is -1.92. The van der Waals surface area contributed by atoms with Crippen molar-refractivity contribution in [3.63, 3.8) is 0 Å². The van der Waals surface area contributed by atoms with Crippen LogP contribution in [0, 0.1) is 5.41 Å². The monoisotopic (exact) mass is 345 g/mol. The van der Waals surface area contributed by atoms with Gasteiger partial charge >= 0.3 is 0 Å². The standard InChI is InChI=1S/C18H27N5O2/c24-16(21-9-4-5-10-21)13-23-12-15(19-20-23)17(25)22-11-8-18(14-22)6-2-1-3-7-18/h12H,1-11,13-14H2. The van der Waals surface area contributed by atoms with Gasteiger partial charge in [-0.25, -0.2) is 4.68 Å². The van der Waals surface area contributed by atoms with E-state index in [4.69, 9.17) is 0 Å². The van der Waals surface area contributed by atoms with E-state index in [1.807, 2.05) is 9.80 Å². The van der Waals surface area contributed by atoms with Crippen molar-refractivity contribution in [1.29, 1.82) is 0 Å². The molecule has 1 saturated carbocycles. The molecule has 2 saturated heterocycles. The van der Waals surface area contributed by atoms with Gasteiger partial charge in [0.05, 0.1) is 6.20 Å². The van der Waals surface area contributed by atoms with Crippen LogP contribution in [0.1, 0.15) is 61.9 Å². The Kier molecular flexibility index (Phi) is 4.48. The van der Waals surface area contributed by atoms with Crippen LogP contribution in [0.3, 0.4) is 0 Å². The summed E-state index contributed by atoms with van der Waals surface area (Å²) in [6, 6.07) is 0. The minimum Gasteiger partial charge on any atom is -0.341 e. The second-order valence-electron chi connectivity index (χ2n) is 7.93. The molecule has 136 valence electrons. The van der Waals surface area contributed by atoms with E-state index in [0.29, 0.717) is 11.1 Å². The highest BCUT2D eigenvalue weighted by molar-refractivity contribution is 5.92. The van der Waals surface area contributed by atoms with Gasteiger partial charge < -0.3 is 9.80 Å². The predicted molar refractivity (Wildman–Crippen MR) is 91.9 cm³/mol. The fourth-order valence-electron chi connectivity index (χ4n) is 4.66. The van der Waals surface area contributed by atoms with Gasteiger partial charge in [0.1, 0.15) is 6.54 Å². The van der Waals surface area contributed by atoms with Crippen molar-refractivity contribution in [2.24, 2.45) is 5.41 Å². The zero-order chi connectivity index (χ0) is 17.3. The molecule has 2 amide bonds. The van der Waals surface area contributed by atoms with Crippen LogP contribution in [0.2, 0.25) is 0 Å². The Morgan fingerprint density at radius 2 is 1.72 bits per heavy atom. The van der Waals surface area contributed by atoms with Gasteiger partial charge in [0.25, 0.3) is 5.91 Å². The average molecular weight is 345 g/mol. The van der Waals surface area contributed by atoms with Crippen molar-refractivity contribution < 1.29 is 9.59 Å². The molecule has 1 aromatic rings. The lowest BCUT2D eigenvalue weighted by Crippen LogP contribution is -2.33. The van der Waals surface area contributed by atoms with E-state index in [-0.39, 0.29) is 18.4 Å². The number of carbonyl (C=O) groups is 2. The number of nitrogens with zero attached hydrogens (tertiary/aromatic N) is 5. The first-order valence-corrected chi connectivity index (χ1v) is 9.62. The minimum absolute atomic E-state index is 0.0395. The second kappa shape index (κ2) is 6.77. The number of rotatable bonds is 3. The first-order chi connectivity index (χ1) is 12.2. The Labute approximate surface area is 148 Å². The Balaban J connectivity index is 1.36. The molecule has 7 heteroatoms. The van der Waals surface area contributed by atoms with Gasteiger partial charge in [-0.3, -0.25) is 9.59 Å². The third-order valence-electron chi connectivity index (χ3n) is 6.15. The Morgan fingerprint density at radius 1 is 0.960 bits per heavy atom. The van der Waals surface area contributed by atoms with Crippen LogP contribution in [0.15, 0.2) is 6.20 Å². The number of carbonyl (C=O) groups excluding carboxylic acids is 2. The Bertz CT molecular complexity index is 644. The van der Waals surface area contributed by atoms with E-state index in [1.54, 1.807) is 6.20 Å². The lowest BCUT2D eigenvalue weighted by Gasteiger charge is -2.33. The molecule has 3 fully saturated rings. The maximum absolute atomic E-state index is 12.7. The van der Waals surface area contributed by atoms with Crippen molar-refractivity contribution in [3.8, 4) is 0 Å². The third-order valence-corrected chi connectivity index (χ3v) is 6.15. The maximum atomic E-state index is 12.7. The van der Waals surface area contributed by atoms with Crippen LogP contribution in [0.25, 0.3) is 0 Å². The highest BCUT2D eigenvalue weighted by atomic mass is 16.2. The minimum atomic E-state index is -0.0395. The van der Waals surface area contributed by atoms with Crippen LogP contribution in [-0.4, -0.2) is 62.8 Å². The lowest BCUT2D eigenvalue weighted by molar-refractivity contribution is -0.130. The summed E-state index contributed by atoms with van der Waals surface area (Å²) in [5, 5.41) is 8.02. The molecule has 1 aliphatic carbocycles. The van der Waals surface area contributed by atoms with E-state index >= 15 is 0 Å². The second-order valence-corrected chi connectivity index (χ2v) is 7.93. The van der Waals surface area contributed by atoms with E-state index in [2.05, 4.69) is 10.3 Å². The predicted octanol–water partition coefficient (Wildman–Crippen LogP) is 1.70. The molecule has 3 heterocycles. The SMILES string of the molecule is O=C(Cn1cc(C(=O)N2CCC3(CCCCC3)C2)nn1)N1CCCC1. The Morgan fingerprint density at radius 3 is 2.48 bits per heavy atom. The van der Waals surface area contributed by atoms with E-state index in [1.165, 1.54) is 36.8 Å². The van der Waals surface area contributed by atoms with Gasteiger partial charge in [0.15, 0.2) is 5.69 Å². The van der Waals surface area contributed by atoms with Gasteiger partial charge in [-0.1, -0.05) is 24.5 Å². The largest absolute Gasteiger partial charge is 0.341 e. The molecule has 1 aromatic heterocycles. The molecule has 1 spiro atoms. The number of hydrogen-bond acceptors (Lipinski definition) is 4. The normalized spacial score (nSPS) is 22.7. The van der Waals surface area contributed by atoms with Crippen LogP contribution in [0.4, 0.5) is 0 Å². The highest BCUT2D eigenvalue weighted by Crippen LogP contribution is 2.43.